The van der Waals surface area contributed by atoms with Crippen molar-refractivity contribution in [3.63, 3.8) is 0 Å². The third-order valence-electron chi connectivity index (χ3n) is 3.33. The SMILES string of the molecule is NCCC1CCN2CCC1C2. The summed E-state index contributed by atoms with van der Waals surface area (Å²) in [5.74, 6) is 1.95. The molecule has 0 spiro atoms. The number of nitrogens with two attached hydrogens (primary N) is 1. The van der Waals surface area contributed by atoms with Gasteiger partial charge < -0.3 is 10.6 Å². The van der Waals surface area contributed by atoms with Gasteiger partial charge in [0.25, 0.3) is 0 Å². The number of piperidine rings is 1. The van der Waals surface area contributed by atoms with E-state index in [4.69, 9.17) is 5.73 Å². The Morgan fingerprint density at radius 3 is 2.91 bits per heavy atom. The molecule has 2 fully saturated rings. The molecular weight excluding hydrogens is 136 g/mol. The number of rotatable bonds is 2. The molecule has 64 valence electrons. The minimum atomic E-state index is 0.890. The summed E-state index contributed by atoms with van der Waals surface area (Å²) < 4.78 is 0. The maximum absolute atomic E-state index is 5.58. The lowest BCUT2D eigenvalue weighted by atomic mass is 9.85. The molecule has 0 aromatic carbocycles. The quantitative estimate of drug-likeness (QED) is 0.633. The molecule has 3 atom stereocenters. The van der Waals surface area contributed by atoms with Crippen LogP contribution in [0, 0.1) is 11.8 Å². The molecule has 2 bridgehead atoms. The monoisotopic (exact) mass is 154 g/mol. The largest absolute Gasteiger partial charge is 0.330 e. The van der Waals surface area contributed by atoms with Crippen molar-refractivity contribution < 1.29 is 0 Å². The molecular formula is C9H18N2. The van der Waals surface area contributed by atoms with Crippen molar-refractivity contribution in [1.82, 2.24) is 4.90 Å². The van der Waals surface area contributed by atoms with Gasteiger partial charge in [-0.1, -0.05) is 0 Å². The molecule has 2 saturated heterocycles. The smallest absolute Gasteiger partial charge is 0.00128 e. The first-order chi connectivity index (χ1) is 5.40. The fourth-order valence-corrected chi connectivity index (χ4v) is 2.63. The molecule has 0 aromatic heterocycles. The maximum Gasteiger partial charge on any atom is 0.00128 e. The number of fused-ring (bicyclic) bond motifs is 2. The van der Waals surface area contributed by atoms with Crippen LogP contribution in [-0.2, 0) is 0 Å². The van der Waals surface area contributed by atoms with Crippen LogP contribution in [0.5, 0.6) is 0 Å². The fourth-order valence-electron chi connectivity index (χ4n) is 2.63. The van der Waals surface area contributed by atoms with Gasteiger partial charge in [-0.25, -0.2) is 0 Å². The van der Waals surface area contributed by atoms with E-state index < -0.39 is 0 Å². The molecule has 3 unspecified atom stereocenters. The standard InChI is InChI=1S/C9H18N2/c10-4-1-8-2-5-11-6-3-9(8)7-11/h8-9H,1-7,10H2. The number of hydrogen-bond donors (Lipinski definition) is 1. The van der Waals surface area contributed by atoms with Gasteiger partial charge in [0.2, 0.25) is 0 Å². The van der Waals surface area contributed by atoms with Crippen LogP contribution in [0.2, 0.25) is 0 Å². The lowest BCUT2D eigenvalue weighted by molar-refractivity contribution is 0.196. The molecule has 2 aliphatic heterocycles. The van der Waals surface area contributed by atoms with Gasteiger partial charge >= 0.3 is 0 Å². The highest BCUT2D eigenvalue weighted by Crippen LogP contribution is 2.33. The summed E-state index contributed by atoms with van der Waals surface area (Å²) in [4.78, 5) is 2.59. The average Bonchev–Trinajstić information content (AvgIpc) is 2.40. The van der Waals surface area contributed by atoms with Crippen LogP contribution in [0.4, 0.5) is 0 Å². The van der Waals surface area contributed by atoms with E-state index in [0.29, 0.717) is 0 Å². The van der Waals surface area contributed by atoms with Crippen LogP contribution in [0.1, 0.15) is 19.3 Å². The fraction of sp³-hybridized carbons (Fsp3) is 1.00. The summed E-state index contributed by atoms with van der Waals surface area (Å²) in [6.45, 7) is 4.94. The molecule has 2 nitrogen and oxygen atoms in total. The van der Waals surface area contributed by atoms with Crippen LogP contribution >= 0.6 is 0 Å². The predicted octanol–water partition coefficient (Wildman–Crippen LogP) is 0.677. The highest BCUT2D eigenvalue weighted by Gasteiger charge is 2.33. The Bertz CT molecular complexity index is 136. The first kappa shape index (κ1) is 7.56. The molecule has 0 saturated carbocycles. The van der Waals surface area contributed by atoms with Crippen LogP contribution in [-0.4, -0.2) is 31.1 Å². The Labute approximate surface area is 68.7 Å². The van der Waals surface area contributed by atoms with Crippen LogP contribution in [0.25, 0.3) is 0 Å². The van der Waals surface area contributed by atoms with E-state index in [0.717, 1.165) is 18.4 Å². The first-order valence-electron chi connectivity index (χ1n) is 4.82. The maximum atomic E-state index is 5.58. The Kier molecular flexibility index (Phi) is 2.14. The van der Waals surface area contributed by atoms with E-state index in [1.54, 1.807) is 0 Å². The third-order valence-corrected chi connectivity index (χ3v) is 3.33. The van der Waals surface area contributed by atoms with E-state index in [1.807, 2.05) is 0 Å². The van der Waals surface area contributed by atoms with Crippen molar-refractivity contribution in [3.05, 3.63) is 0 Å². The second-order valence-electron chi connectivity index (χ2n) is 3.98. The molecule has 0 aliphatic carbocycles. The Morgan fingerprint density at radius 1 is 1.27 bits per heavy atom. The minimum Gasteiger partial charge on any atom is -0.330 e. The van der Waals surface area contributed by atoms with Crippen LogP contribution < -0.4 is 5.73 Å². The van der Waals surface area contributed by atoms with Gasteiger partial charge in [0.05, 0.1) is 0 Å². The third kappa shape index (κ3) is 1.42. The summed E-state index contributed by atoms with van der Waals surface area (Å²) in [6, 6.07) is 0. The molecule has 2 heterocycles. The van der Waals surface area contributed by atoms with Gasteiger partial charge in [-0.2, -0.15) is 0 Å². The van der Waals surface area contributed by atoms with Crippen molar-refractivity contribution >= 4 is 0 Å². The molecule has 0 amide bonds. The summed E-state index contributed by atoms with van der Waals surface area (Å²) in [5.41, 5.74) is 5.58. The number of hydrogen-bond acceptors (Lipinski definition) is 2. The Morgan fingerprint density at radius 2 is 2.09 bits per heavy atom. The molecule has 0 aromatic rings. The molecule has 0 radical (unpaired) electrons. The summed E-state index contributed by atoms with van der Waals surface area (Å²) in [5, 5.41) is 0. The van der Waals surface area contributed by atoms with Crippen LogP contribution in [0.15, 0.2) is 0 Å². The lowest BCUT2D eigenvalue weighted by Crippen LogP contribution is -2.32. The van der Waals surface area contributed by atoms with Gasteiger partial charge in [0.15, 0.2) is 0 Å². The zero-order valence-electron chi connectivity index (χ0n) is 7.13. The molecule has 2 rings (SSSR count). The van der Waals surface area contributed by atoms with Crippen molar-refractivity contribution in [3.8, 4) is 0 Å². The molecule has 11 heavy (non-hydrogen) atoms. The summed E-state index contributed by atoms with van der Waals surface area (Å²) >= 11 is 0. The van der Waals surface area contributed by atoms with Crippen molar-refractivity contribution in [2.75, 3.05) is 26.2 Å². The second kappa shape index (κ2) is 3.11. The number of nitrogens with zero attached hydrogens (tertiary/aromatic N) is 1. The van der Waals surface area contributed by atoms with Crippen molar-refractivity contribution in [2.45, 2.75) is 19.3 Å². The predicted molar refractivity (Wildman–Crippen MR) is 46.3 cm³/mol. The van der Waals surface area contributed by atoms with E-state index in [1.165, 1.54) is 38.9 Å². The van der Waals surface area contributed by atoms with Gasteiger partial charge in [-0.3, -0.25) is 0 Å². The van der Waals surface area contributed by atoms with Crippen molar-refractivity contribution in [2.24, 2.45) is 17.6 Å². The van der Waals surface area contributed by atoms with E-state index >= 15 is 0 Å². The zero-order valence-corrected chi connectivity index (χ0v) is 7.13. The molecule has 2 N–H and O–H groups in total. The van der Waals surface area contributed by atoms with E-state index in [9.17, 15) is 0 Å². The summed E-state index contributed by atoms with van der Waals surface area (Å²) in [7, 11) is 0. The minimum absolute atomic E-state index is 0.890. The topological polar surface area (TPSA) is 29.3 Å². The summed E-state index contributed by atoms with van der Waals surface area (Å²) in [6.07, 6.45) is 4.10. The lowest BCUT2D eigenvalue weighted by Gasteiger charge is -2.29. The molecule has 2 aliphatic rings. The van der Waals surface area contributed by atoms with E-state index in [-0.39, 0.29) is 0 Å². The zero-order chi connectivity index (χ0) is 7.68. The van der Waals surface area contributed by atoms with Gasteiger partial charge in [-0.05, 0) is 50.7 Å². The average molecular weight is 154 g/mol. The van der Waals surface area contributed by atoms with Gasteiger partial charge in [-0.15, -0.1) is 0 Å². The highest BCUT2D eigenvalue weighted by atomic mass is 15.2. The van der Waals surface area contributed by atoms with Gasteiger partial charge in [0.1, 0.15) is 0 Å². The first-order valence-corrected chi connectivity index (χ1v) is 4.82. The highest BCUT2D eigenvalue weighted by molar-refractivity contribution is 4.86. The van der Waals surface area contributed by atoms with Gasteiger partial charge in [0, 0.05) is 6.54 Å². The second-order valence-corrected chi connectivity index (χ2v) is 3.98. The van der Waals surface area contributed by atoms with Crippen LogP contribution in [0.3, 0.4) is 0 Å². The normalized spacial score (nSPS) is 42.8. The Hall–Kier alpha value is -0.0800. The molecule has 2 heteroatoms. The van der Waals surface area contributed by atoms with Crippen molar-refractivity contribution in [1.29, 1.82) is 0 Å². The Balaban J connectivity index is 1.91. The van der Waals surface area contributed by atoms with E-state index in [2.05, 4.69) is 4.90 Å².